The van der Waals surface area contributed by atoms with E-state index in [1.54, 1.807) is 0 Å². The molecule has 0 aromatic heterocycles. The zero-order chi connectivity index (χ0) is 15.6. The first-order valence-corrected chi connectivity index (χ1v) is 8.10. The molecule has 1 aliphatic heterocycles. The number of rotatable bonds is 2. The first-order chi connectivity index (χ1) is 9.80. The minimum Gasteiger partial charge on any atom is -0.480 e. The zero-order valence-electron chi connectivity index (χ0n) is 13.4. The van der Waals surface area contributed by atoms with Crippen LogP contribution in [0, 0.1) is 11.3 Å². The van der Waals surface area contributed by atoms with Gasteiger partial charge in [0.25, 0.3) is 0 Å². The van der Waals surface area contributed by atoms with Crippen LogP contribution in [0.3, 0.4) is 0 Å². The largest absolute Gasteiger partial charge is 0.480 e. The molecule has 2 aliphatic rings. The summed E-state index contributed by atoms with van der Waals surface area (Å²) in [6, 6.07) is -0.746. The second-order valence-electron chi connectivity index (χ2n) is 7.53. The Morgan fingerprint density at radius 3 is 2.38 bits per heavy atom. The van der Waals surface area contributed by atoms with Crippen molar-refractivity contribution in [3.8, 4) is 0 Å². The summed E-state index contributed by atoms with van der Waals surface area (Å²) in [5.41, 5.74) is -0.497. The summed E-state index contributed by atoms with van der Waals surface area (Å²) in [4.78, 5) is 25.9. The summed E-state index contributed by atoms with van der Waals surface area (Å²) in [6.07, 6.45) is 6.93. The van der Waals surface area contributed by atoms with Crippen molar-refractivity contribution in [2.24, 2.45) is 11.3 Å². The average Bonchev–Trinajstić information content (AvgIpc) is 2.42. The van der Waals surface area contributed by atoms with Gasteiger partial charge in [0, 0.05) is 12.6 Å². The molecule has 1 saturated heterocycles. The number of amides is 2. The molecular weight excluding hydrogens is 268 g/mol. The molecule has 1 aliphatic carbocycles. The van der Waals surface area contributed by atoms with Gasteiger partial charge in [0.2, 0.25) is 0 Å². The summed E-state index contributed by atoms with van der Waals surface area (Å²) in [5.74, 6) is -0.357. The van der Waals surface area contributed by atoms with E-state index in [1.165, 1.54) is 25.7 Å². The maximum atomic E-state index is 12.6. The molecule has 1 unspecified atom stereocenters. The topological polar surface area (TPSA) is 69.6 Å². The molecule has 21 heavy (non-hydrogen) atoms. The molecule has 120 valence electrons. The van der Waals surface area contributed by atoms with Crippen LogP contribution in [0.2, 0.25) is 0 Å². The van der Waals surface area contributed by atoms with E-state index in [0.717, 1.165) is 19.4 Å². The number of hydrogen-bond donors (Lipinski definition) is 2. The van der Waals surface area contributed by atoms with E-state index in [0.29, 0.717) is 12.0 Å². The van der Waals surface area contributed by atoms with Crippen molar-refractivity contribution in [1.29, 1.82) is 0 Å². The van der Waals surface area contributed by atoms with Crippen molar-refractivity contribution in [2.45, 2.75) is 71.4 Å². The molecule has 2 fully saturated rings. The number of aliphatic carboxylic acids is 1. The fourth-order valence-corrected chi connectivity index (χ4v) is 3.73. The lowest BCUT2D eigenvalue weighted by atomic mass is 9.78. The third-order valence-corrected chi connectivity index (χ3v) is 4.88. The van der Waals surface area contributed by atoms with E-state index in [1.807, 2.05) is 25.7 Å². The molecule has 5 heteroatoms. The van der Waals surface area contributed by atoms with E-state index in [4.69, 9.17) is 0 Å². The quantitative estimate of drug-likeness (QED) is 0.823. The van der Waals surface area contributed by atoms with Crippen LogP contribution in [0.5, 0.6) is 0 Å². The molecule has 0 aromatic carbocycles. The molecule has 2 amide bonds. The van der Waals surface area contributed by atoms with Gasteiger partial charge >= 0.3 is 12.0 Å². The predicted octanol–water partition coefficient (Wildman–Crippen LogP) is 2.85. The summed E-state index contributed by atoms with van der Waals surface area (Å²) in [6.45, 7) is 6.27. The van der Waals surface area contributed by atoms with E-state index >= 15 is 0 Å². The molecule has 1 heterocycles. The van der Waals surface area contributed by atoms with Crippen molar-refractivity contribution in [2.75, 3.05) is 6.54 Å². The lowest BCUT2D eigenvalue weighted by Gasteiger charge is -2.44. The fraction of sp³-hybridized carbons (Fsp3) is 0.875. The van der Waals surface area contributed by atoms with Crippen molar-refractivity contribution < 1.29 is 14.7 Å². The number of piperidine rings is 1. The number of likely N-dealkylation sites (tertiary alicyclic amines) is 1. The van der Waals surface area contributed by atoms with Crippen LogP contribution in [0.1, 0.15) is 59.3 Å². The summed E-state index contributed by atoms with van der Waals surface area (Å²) in [5, 5.41) is 12.1. The third kappa shape index (κ3) is 3.69. The number of nitrogens with one attached hydrogen (secondary N) is 1. The number of fused-ring (bicyclic) bond motifs is 1. The Balaban J connectivity index is 2.06. The Labute approximate surface area is 127 Å². The highest BCUT2D eigenvalue weighted by atomic mass is 16.4. The van der Waals surface area contributed by atoms with Gasteiger partial charge in [0.15, 0.2) is 0 Å². The minimum atomic E-state index is -0.965. The van der Waals surface area contributed by atoms with Crippen molar-refractivity contribution >= 4 is 12.0 Å². The molecule has 2 rings (SSSR count). The number of carbonyl (C=O) groups excluding carboxylic acids is 1. The molecule has 0 radical (unpaired) electrons. The second-order valence-corrected chi connectivity index (χ2v) is 7.53. The molecule has 2 N–H and O–H groups in total. The van der Waals surface area contributed by atoms with Gasteiger partial charge in [-0.15, -0.1) is 0 Å². The molecular formula is C16H28N2O3. The number of nitrogens with zero attached hydrogens (tertiary/aromatic N) is 1. The van der Waals surface area contributed by atoms with Gasteiger partial charge in [-0.05, 0) is 37.0 Å². The number of urea groups is 1. The Bertz CT molecular complexity index is 401. The van der Waals surface area contributed by atoms with E-state index in [9.17, 15) is 14.7 Å². The maximum Gasteiger partial charge on any atom is 0.326 e. The molecule has 0 aromatic rings. The van der Waals surface area contributed by atoms with Gasteiger partial charge in [-0.1, -0.05) is 33.6 Å². The second kappa shape index (κ2) is 6.24. The van der Waals surface area contributed by atoms with Gasteiger partial charge in [0.1, 0.15) is 6.04 Å². The van der Waals surface area contributed by atoms with Gasteiger partial charge in [-0.3, -0.25) is 0 Å². The normalized spacial score (nSPS) is 27.7. The Kier molecular flexibility index (Phi) is 4.79. The van der Waals surface area contributed by atoms with Crippen LogP contribution < -0.4 is 5.32 Å². The summed E-state index contributed by atoms with van der Waals surface area (Å²) in [7, 11) is 0. The standard InChI is InChI=1S/C16H28N2O3/c1-16(2,3)13(14(19)20)17-15(21)18-10-6-8-11-7-4-5-9-12(11)18/h11-13H,4-10H2,1-3H3,(H,17,21)(H,19,20)/t11-,12-,13?/m1/s1. The Hall–Kier alpha value is -1.26. The van der Waals surface area contributed by atoms with E-state index in [-0.39, 0.29) is 6.03 Å². The predicted molar refractivity (Wildman–Crippen MR) is 81.1 cm³/mol. The van der Waals surface area contributed by atoms with Crippen molar-refractivity contribution in [3.63, 3.8) is 0 Å². The van der Waals surface area contributed by atoms with Crippen LogP contribution >= 0.6 is 0 Å². The minimum absolute atomic E-state index is 0.200. The van der Waals surface area contributed by atoms with Crippen LogP contribution in [-0.4, -0.2) is 40.6 Å². The summed E-state index contributed by atoms with van der Waals surface area (Å²) < 4.78 is 0. The zero-order valence-corrected chi connectivity index (χ0v) is 13.4. The van der Waals surface area contributed by atoms with Gasteiger partial charge < -0.3 is 15.3 Å². The molecule has 3 atom stereocenters. The van der Waals surface area contributed by atoms with Crippen molar-refractivity contribution in [1.82, 2.24) is 10.2 Å². The lowest BCUT2D eigenvalue weighted by molar-refractivity contribution is -0.142. The molecule has 5 nitrogen and oxygen atoms in total. The SMILES string of the molecule is CC(C)(C)C(NC(=O)N1CCC[C@H]2CCCC[C@H]21)C(=O)O. The molecule has 1 saturated carbocycles. The van der Waals surface area contributed by atoms with Gasteiger partial charge in [-0.2, -0.15) is 0 Å². The van der Waals surface area contributed by atoms with Gasteiger partial charge in [0.05, 0.1) is 0 Å². The first kappa shape index (κ1) is 16.1. The van der Waals surface area contributed by atoms with Crippen molar-refractivity contribution in [3.05, 3.63) is 0 Å². The van der Waals surface area contributed by atoms with Crippen LogP contribution in [-0.2, 0) is 4.79 Å². The smallest absolute Gasteiger partial charge is 0.326 e. The van der Waals surface area contributed by atoms with E-state index < -0.39 is 17.4 Å². The maximum absolute atomic E-state index is 12.6. The Morgan fingerprint density at radius 2 is 1.76 bits per heavy atom. The number of carboxylic acids is 1. The monoisotopic (exact) mass is 296 g/mol. The van der Waals surface area contributed by atoms with Crippen LogP contribution in [0.25, 0.3) is 0 Å². The van der Waals surface area contributed by atoms with Crippen LogP contribution in [0.4, 0.5) is 4.79 Å². The number of carboxylic acid groups (broad SMARTS) is 1. The average molecular weight is 296 g/mol. The molecule has 0 bridgehead atoms. The highest BCUT2D eigenvalue weighted by Gasteiger charge is 2.39. The first-order valence-electron chi connectivity index (χ1n) is 8.10. The van der Waals surface area contributed by atoms with E-state index in [2.05, 4.69) is 5.32 Å². The third-order valence-electron chi connectivity index (χ3n) is 4.88. The highest BCUT2D eigenvalue weighted by Crippen LogP contribution is 2.35. The number of hydrogen-bond acceptors (Lipinski definition) is 2. The lowest BCUT2D eigenvalue weighted by Crippen LogP contribution is -2.58. The highest BCUT2D eigenvalue weighted by molar-refractivity contribution is 5.83. The number of carbonyl (C=O) groups is 2. The summed E-state index contributed by atoms with van der Waals surface area (Å²) >= 11 is 0. The van der Waals surface area contributed by atoms with Gasteiger partial charge in [-0.25, -0.2) is 9.59 Å². The van der Waals surface area contributed by atoms with Crippen LogP contribution in [0.15, 0.2) is 0 Å². The Morgan fingerprint density at radius 1 is 1.14 bits per heavy atom. The molecule has 0 spiro atoms. The fourth-order valence-electron chi connectivity index (χ4n) is 3.73.